The van der Waals surface area contributed by atoms with Crippen molar-refractivity contribution in [3.63, 3.8) is 0 Å². The minimum absolute atomic E-state index is 0.105. The topological polar surface area (TPSA) is 237 Å². The van der Waals surface area contributed by atoms with Crippen molar-refractivity contribution in [1.82, 2.24) is 0 Å². The second-order valence-electron chi connectivity index (χ2n) is 26.7. The predicted molar refractivity (Wildman–Crippen MR) is 358 cm³/mol. The van der Waals surface area contributed by atoms with E-state index in [0.29, 0.717) is 25.7 Å². The van der Waals surface area contributed by atoms with Gasteiger partial charge in [-0.05, 0) is 43.4 Å². The van der Waals surface area contributed by atoms with E-state index in [4.69, 9.17) is 37.0 Å². The molecule has 0 aliphatic rings. The van der Waals surface area contributed by atoms with E-state index in [-0.39, 0.29) is 25.7 Å². The summed E-state index contributed by atoms with van der Waals surface area (Å²) >= 11 is 0. The van der Waals surface area contributed by atoms with Gasteiger partial charge < -0.3 is 33.8 Å². The van der Waals surface area contributed by atoms with Gasteiger partial charge in [-0.15, -0.1) is 0 Å². The average molecular weight is 1310 g/mol. The molecule has 0 aromatic heterocycles. The van der Waals surface area contributed by atoms with Gasteiger partial charge in [-0.3, -0.25) is 37.3 Å². The number of aliphatic hydroxyl groups excluding tert-OH is 1. The summed E-state index contributed by atoms with van der Waals surface area (Å²) in [5.41, 5.74) is 0. The number of phosphoric acid groups is 2. The first-order valence-corrected chi connectivity index (χ1v) is 39.3. The molecule has 3 N–H and O–H groups in total. The molecule has 17 nitrogen and oxygen atoms in total. The summed E-state index contributed by atoms with van der Waals surface area (Å²) in [6.07, 6.45) is 44.6. The van der Waals surface area contributed by atoms with Crippen LogP contribution in [0, 0.1) is 17.8 Å². The zero-order valence-corrected chi connectivity index (χ0v) is 59.7. The third-order valence-electron chi connectivity index (χ3n) is 16.1. The molecule has 0 heterocycles. The van der Waals surface area contributed by atoms with Gasteiger partial charge in [0.25, 0.3) is 0 Å². The summed E-state index contributed by atoms with van der Waals surface area (Å²) < 4.78 is 68.2. The fourth-order valence-corrected chi connectivity index (χ4v) is 12.1. The van der Waals surface area contributed by atoms with Gasteiger partial charge in [0.05, 0.1) is 26.4 Å². The molecule has 89 heavy (non-hydrogen) atoms. The van der Waals surface area contributed by atoms with Gasteiger partial charge in [-0.2, -0.15) is 0 Å². The van der Waals surface area contributed by atoms with Gasteiger partial charge >= 0.3 is 39.5 Å². The van der Waals surface area contributed by atoms with Crippen LogP contribution in [0.25, 0.3) is 0 Å². The third kappa shape index (κ3) is 64.6. The van der Waals surface area contributed by atoms with Crippen LogP contribution >= 0.6 is 15.6 Å². The second-order valence-corrected chi connectivity index (χ2v) is 29.6. The van der Waals surface area contributed by atoms with Gasteiger partial charge in [-0.25, -0.2) is 9.13 Å². The van der Waals surface area contributed by atoms with Crippen LogP contribution in [0.5, 0.6) is 0 Å². The zero-order chi connectivity index (χ0) is 65.9. The van der Waals surface area contributed by atoms with Crippen LogP contribution in [-0.2, 0) is 65.4 Å². The Kier molecular flexibility index (Phi) is 59.6. The Bertz CT molecular complexity index is 1750. The highest BCUT2D eigenvalue weighted by Crippen LogP contribution is 2.45. The predicted octanol–water partition coefficient (Wildman–Crippen LogP) is 19.8. The van der Waals surface area contributed by atoms with Crippen molar-refractivity contribution in [3.8, 4) is 0 Å². The SMILES string of the molecule is CCCCCCCCCC(=O)OC[C@H](COP(=O)(O)OC[C@H](O)COP(=O)(O)OC[C@@H](COC(=O)CCCCCCCCCCCC(C)C)OC(=O)CCCCCCCCCCCCCCCCCC(C)C)OC(=O)CCCCCCCCCCCC(C)C. The average Bonchev–Trinajstić information content (AvgIpc) is 3.69. The lowest BCUT2D eigenvalue weighted by Crippen LogP contribution is -2.30. The molecule has 0 aromatic rings. The lowest BCUT2D eigenvalue weighted by Gasteiger charge is -2.21. The molecule has 0 aliphatic heterocycles. The zero-order valence-electron chi connectivity index (χ0n) is 57.9. The van der Waals surface area contributed by atoms with E-state index < -0.39 is 97.5 Å². The van der Waals surface area contributed by atoms with Crippen molar-refractivity contribution >= 4 is 39.5 Å². The van der Waals surface area contributed by atoms with E-state index >= 15 is 0 Å². The molecule has 528 valence electrons. The molecular weight excluding hydrogens is 1170 g/mol. The summed E-state index contributed by atoms with van der Waals surface area (Å²) in [5.74, 6) is 0.152. The van der Waals surface area contributed by atoms with Crippen molar-refractivity contribution in [2.45, 2.75) is 369 Å². The number of hydrogen-bond donors (Lipinski definition) is 3. The maximum atomic E-state index is 13.0. The second kappa shape index (κ2) is 61.0. The molecule has 0 fully saturated rings. The Morgan fingerprint density at radius 1 is 0.303 bits per heavy atom. The van der Waals surface area contributed by atoms with Crippen LogP contribution < -0.4 is 0 Å². The van der Waals surface area contributed by atoms with Gasteiger partial charge in [0.15, 0.2) is 12.2 Å². The first-order valence-electron chi connectivity index (χ1n) is 36.3. The molecule has 0 bridgehead atoms. The third-order valence-corrected chi connectivity index (χ3v) is 18.0. The summed E-state index contributed by atoms with van der Waals surface area (Å²) in [5, 5.41) is 10.6. The number of carbonyl (C=O) groups excluding carboxylic acids is 4. The molecule has 2 unspecified atom stereocenters. The first kappa shape index (κ1) is 87.1. The molecule has 0 saturated heterocycles. The van der Waals surface area contributed by atoms with Crippen LogP contribution in [0.4, 0.5) is 0 Å². The number of rotatable bonds is 68. The Hall–Kier alpha value is -1.94. The molecule has 0 amide bonds. The molecule has 0 aromatic carbocycles. The molecule has 0 rings (SSSR count). The van der Waals surface area contributed by atoms with Gasteiger partial charge in [-0.1, -0.05) is 299 Å². The number of esters is 4. The fourth-order valence-electron chi connectivity index (χ4n) is 10.5. The summed E-state index contributed by atoms with van der Waals surface area (Å²) in [7, 11) is -9.90. The number of ether oxygens (including phenoxy) is 4. The smallest absolute Gasteiger partial charge is 0.462 e. The summed E-state index contributed by atoms with van der Waals surface area (Å²) in [6.45, 7) is 11.8. The molecule has 0 radical (unpaired) electrons. The highest BCUT2D eigenvalue weighted by Gasteiger charge is 2.30. The highest BCUT2D eigenvalue weighted by atomic mass is 31.2. The van der Waals surface area contributed by atoms with Crippen molar-refractivity contribution in [1.29, 1.82) is 0 Å². The summed E-state index contributed by atoms with van der Waals surface area (Å²) in [6, 6.07) is 0. The molecule has 19 heteroatoms. The molecule has 5 atom stereocenters. The molecule has 0 spiro atoms. The van der Waals surface area contributed by atoms with Crippen molar-refractivity contribution in [3.05, 3.63) is 0 Å². The Labute approximate surface area is 543 Å². The number of hydrogen-bond acceptors (Lipinski definition) is 15. The van der Waals surface area contributed by atoms with Gasteiger partial charge in [0.2, 0.25) is 0 Å². The maximum absolute atomic E-state index is 13.0. The van der Waals surface area contributed by atoms with E-state index in [1.54, 1.807) is 0 Å². The minimum Gasteiger partial charge on any atom is -0.462 e. The Morgan fingerprint density at radius 3 is 0.764 bits per heavy atom. The largest absolute Gasteiger partial charge is 0.472 e. The van der Waals surface area contributed by atoms with Crippen molar-refractivity contribution in [2.75, 3.05) is 39.6 Å². The lowest BCUT2D eigenvalue weighted by atomic mass is 10.0. The van der Waals surface area contributed by atoms with Crippen molar-refractivity contribution in [2.24, 2.45) is 17.8 Å². The number of unbranched alkanes of at least 4 members (excludes halogenated alkanes) is 36. The summed E-state index contributed by atoms with van der Waals surface area (Å²) in [4.78, 5) is 72.4. The van der Waals surface area contributed by atoms with E-state index in [1.807, 2.05) is 0 Å². The Morgan fingerprint density at radius 2 is 0.517 bits per heavy atom. The maximum Gasteiger partial charge on any atom is 0.472 e. The monoisotopic (exact) mass is 1310 g/mol. The molecule has 0 saturated carbocycles. The van der Waals surface area contributed by atoms with Crippen LogP contribution in [0.15, 0.2) is 0 Å². The number of aliphatic hydroxyl groups is 1. The quantitative estimate of drug-likeness (QED) is 0.0222. The standard InChI is InChI=1S/C70H136O17P2/c1-8-9-10-11-27-37-44-51-67(72)80-57-65(86-70(75)54-47-40-33-26-20-23-30-36-43-50-63(6)7)59-84-88(76,77)82-55-64(71)56-83-89(78,79)85-60-66(58-81-68(73)52-45-38-31-25-19-22-29-35-42-49-62(4)5)87-69(74)53-46-39-32-24-18-16-14-12-13-15-17-21-28-34-41-48-61(2)3/h61-66,71H,8-60H2,1-7H3,(H,76,77)(H,78,79)/t64-,65+,66+/m0/s1. The van der Waals surface area contributed by atoms with Crippen LogP contribution in [0.2, 0.25) is 0 Å². The van der Waals surface area contributed by atoms with Gasteiger partial charge in [0.1, 0.15) is 19.3 Å². The van der Waals surface area contributed by atoms with E-state index in [9.17, 15) is 43.2 Å². The number of carbonyl (C=O) groups is 4. The first-order chi connectivity index (χ1) is 42.7. The number of phosphoric ester groups is 2. The lowest BCUT2D eigenvalue weighted by molar-refractivity contribution is -0.161. The highest BCUT2D eigenvalue weighted by molar-refractivity contribution is 7.47. The van der Waals surface area contributed by atoms with Crippen LogP contribution in [-0.4, -0.2) is 96.7 Å². The fraction of sp³-hybridized carbons (Fsp3) is 0.943. The Balaban J connectivity index is 5.19. The van der Waals surface area contributed by atoms with E-state index in [1.165, 1.54) is 148 Å². The molecular formula is C70H136O17P2. The van der Waals surface area contributed by atoms with E-state index in [0.717, 1.165) is 120 Å². The van der Waals surface area contributed by atoms with Gasteiger partial charge in [0, 0.05) is 25.7 Å². The van der Waals surface area contributed by atoms with Crippen LogP contribution in [0.3, 0.4) is 0 Å². The van der Waals surface area contributed by atoms with E-state index in [2.05, 4.69) is 48.5 Å². The molecule has 0 aliphatic carbocycles. The minimum atomic E-state index is -4.95. The van der Waals surface area contributed by atoms with Crippen molar-refractivity contribution < 1.29 is 80.2 Å². The van der Waals surface area contributed by atoms with Crippen LogP contribution in [0.1, 0.15) is 350 Å². The normalized spacial score (nSPS) is 14.2.